The number of hydrogen-bond donors (Lipinski definition) is 4. The van der Waals surface area contributed by atoms with Crippen molar-refractivity contribution in [1.29, 1.82) is 0 Å². The van der Waals surface area contributed by atoms with Crippen molar-refractivity contribution in [3.05, 3.63) is 59.8 Å². The molecule has 26 heavy (non-hydrogen) atoms. The quantitative estimate of drug-likeness (QED) is 0.321. The Hall–Kier alpha value is -3.40. The summed E-state index contributed by atoms with van der Waals surface area (Å²) in [6, 6.07) is 13.8. The van der Waals surface area contributed by atoms with Crippen LogP contribution in [-0.2, 0) is 12.8 Å². The van der Waals surface area contributed by atoms with Gasteiger partial charge in [-0.1, -0.05) is 24.3 Å². The summed E-state index contributed by atoms with van der Waals surface area (Å²) in [4.78, 5) is 6.61. The van der Waals surface area contributed by atoms with E-state index in [1.165, 1.54) is 10.9 Å². The van der Waals surface area contributed by atoms with Gasteiger partial charge >= 0.3 is 0 Å². The van der Waals surface area contributed by atoms with E-state index in [2.05, 4.69) is 22.1 Å². The number of aromatic hydroxyl groups is 2. The molecule has 5 aromatic rings. The Bertz CT molecular complexity index is 1360. The maximum atomic E-state index is 10.6. The first-order valence-electron chi connectivity index (χ1n) is 8.80. The molecule has 4 heteroatoms. The van der Waals surface area contributed by atoms with Gasteiger partial charge in [0.25, 0.3) is 0 Å². The van der Waals surface area contributed by atoms with Crippen LogP contribution < -0.4 is 0 Å². The molecular formula is C22H16N2O2. The molecule has 0 bridgehead atoms. The molecule has 0 spiro atoms. The van der Waals surface area contributed by atoms with Gasteiger partial charge in [0.2, 0.25) is 0 Å². The molecule has 1 aliphatic carbocycles. The molecule has 4 N–H and O–H groups in total. The van der Waals surface area contributed by atoms with Crippen molar-refractivity contribution in [3.63, 3.8) is 0 Å². The van der Waals surface area contributed by atoms with Gasteiger partial charge in [0, 0.05) is 33.4 Å². The molecule has 0 aliphatic heterocycles. The number of H-pyrrole nitrogens is 2. The van der Waals surface area contributed by atoms with E-state index < -0.39 is 0 Å². The number of aromatic amines is 2. The minimum atomic E-state index is 0.198. The van der Waals surface area contributed by atoms with Crippen LogP contribution in [0.4, 0.5) is 0 Å². The fourth-order valence-electron chi connectivity index (χ4n) is 4.62. The van der Waals surface area contributed by atoms with Crippen LogP contribution in [0.3, 0.4) is 0 Å². The Morgan fingerprint density at radius 1 is 0.885 bits per heavy atom. The number of rotatable bonds is 0. The summed E-state index contributed by atoms with van der Waals surface area (Å²) in [6.45, 7) is 0. The summed E-state index contributed by atoms with van der Waals surface area (Å²) < 4.78 is 0. The summed E-state index contributed by atoms with van der Waals surface area (Å²) in [6.07, 6.45) is 3.63. The molecule has 0 fully saturated rings. The van der Waals surface area contributed by atoms with Crippen LogP contribution in [0.15, 0.2) is 48.7 Å². The molecule has 0 saturated carbocycles. The average Bonchev–Trinajstić information content (AvgIpc) is 3.22. The third-order valence-electron chi connectivity index (χ3n) is 5.69. The van der Waals surface area contributed by atoms with Gasteiger partial charge in [0.05, 0.1) is 10.9 Å². The van der Waals surface area contributed by atoms with Crippen molar-refractivity contribution in [2.75, 3.05) is 0 Å². The lowest BCUT2D eigenvalue weighted by Crippen LogP contribution is -2.05. The molecule has 126 valence electrons. The Labute approximate surface area is 148 Å². The van der Waals surface area contributed by atoms with E-state index in [4.69, 9.17) is 0 Å². The molecule has 3 aromatic carbocycles. The molecule has 0 amide bonds. The zero-order chi connectivity index (χ0) is 17.4. The summed E-state index contributed by atoms with van der Waals surface area (Å²) in [7, 11) is 0. The molecule has 2 heterocycles. The van der Waals surface area contributed by atoms with Gasteiger partial charge in [-0.3, -0.25) is 0 Å². The molecule has 0 atom stereocenters. The van der Waals surface area contributed by atoms with Gasteiger partial charge in [-0.2, -0.15) is 0 Å². The molecule has 0 saturated heterocycles. The number of fused-ring (bicyclic) bond motifs is 10. The number of phenolic OH excluding ortho intramolecular Hbond substituents is 1. The van der Waals surface area contributed by atoms with Crippen molar-refractivity contribution in [1.82, 2.24) is 9.97 Å². The van der Waals surface area contributed by atoms with E-state index in [9.17, 15) is 10.2 Å². The van der Waals surface area contributed by atoms with E-state index in [1.54, 1.807) is 6.07 Å². The van der Waals surface area contributed by atoms with Crippen LogP contribution in [0.25, 0.3) is 43.7 Å². The van der Waals surface area contributed by atoms with Gasteiger partial charge in [0.15, 0.2) is 5.88 Å². The summed E-state index contributed by atoms with van der Waals surface area (Å²) in [5.74, 6) is 0.484. The number of benzene rings is 3. The van der Waals surface area contributed by atoms with Gasteiger partial charge in [-0.25, -0.2) is 0 Å². The van der Waals surface area contributed by atoms with Gasteiger partial charge < -0.3 is 20.2 Å². The number of phenols is 1. The lowest BCUT2D eigenvalue weighted by molar-refractivity contribution is 0.463. The van der Waals surface area contributed by atoms with Crippen LogP contribution >= 0.6 is 0 Å². The molecule has 0 unspecified atom stereocenters. The molecule has 1 aliphatic rings. The van der Waals surface area contributed by atoms with Crippen molar-refractivity contribution in [2.24, 2.45) is 0 Å². The topological polar surface area (TPSA) is 72.0 Å². The zero-order valence-corrected chi connectivity index (χ0v) is 13.9. The fourth-order valence-corrected chi connectivity index (χ4v) is 4.62. The van der Waals surface area contributed by atoms with Crippen molar-refractivity contribution < 1.29 is 10.2 Å². The largest absolute Gasteiger partial charge is 0.508 e. The number of aromatic nitrogens is 2. The van der Waals surface area contributed by atoms with E-state index in [0.29, 0.717) is 0 Å². The fraction of sp³-hybridized carbons (Fsp3) is 0.0909. The zero-order valence-electron chi connectivity index (χ0n) is 13.9. The Balaban J connectivity index is 1.89. The average molecular weight is 340 g/mol. The predicted molar refractivity (Wildman–Crippen MR) is 104 cm³/mol. The second-order valence-electron chi connectivity index (χ2n) is 7.04. The van der Waals surface area contributed by atoms with E-state index >= 15 is 0 Å². The highest BCUT2D eigenvalue weighted by Gasteiger charge is 2.26. The maximum Gasteiger partial charge on any atom is 0.197 e. The van der Waals surface area contributed by atoms with E-state index in [-0.39, 0.29) is 11.6 Å². The molecule has 0 radical (unpaired) electrons. The van der Waals surface area contributed by atoms with E-state index in [1.807, 2.05) is 30.5 Å². The molecular weight excluding hydrogens is 324 g/mol. The SMILES string of the molecule is Oc1ccc2c(c1)CCc1c-2c2c(O)[nH]cc2c2c1[nH]c1ccccc12. The minimum absolute atomic E-state index is 0.198. The first-order chi connectivity index (χ1) is 12.7. The Morgan fingerprint density at radius 2 is 1.77 bits per heavy atom. The first kappa shape index (κ1) is 13.8. The van der Waals surface area contributed by atoms with Crippen molar-refractivity contribution in [3.8, 4) is 22.8 Å². The van der Waals surface area contributed by atoms with Crippen LogP contribution in [0.5, 0.6) is 11.6 Å². The van der Waals surface area contributed by atoms with E-state index in [0.717, 1.165) is 56.7 Å². The molecule has 2 aromatic heterocycles. The van der Waals surface area contributed by atoms with Crippen molar-refractivity contribution in [2.45, 2.75) is 12.8 Å². The summed E-state index contributed by atoms with van der Waals surface area (Å²) in [5.41, 5.74) is 6.76. The smallest absolute Gasteiger partial charge is 0.197 e. The predicted octanol–water partition coefficient (Wildman–Crippen LogP) is 4.98. The third-order valence-corrected chi connectivity index (χ3v) is 5.69. The van der Waals surface area contributed by atoms with Crippen LogP contribution in [0.2, 0.25) is 0 Å². The standard InChI is InChI=1S/C22H16N2O2/c25-12-6-8-13-11(9-12)5-7-15-18(13)20-16(10-23-22(20)26)19-14-3-1-2-4-17(14)24-21(15)19/h1-4,6,8-10,23-26H,5,7H2. The van der Waals surface area contributed by atoms with Crippen LogP contribution in [0, 0.1) is 0 Å². The highest BCUT2D eigenvalue weighted by atomic mass is 16.3. The summed E-state index contributed by atoms with van der Waals surface area (Å²) >= 11 is 0. The van der Waals surface area contributed by atoms with Gasteiger partial charge in [-0.15, -0.1) is 0 Å². The number of hydrogen-bond acceptors (Lipinski definition) is 2. The number of aryl methyl sites for hydroxylation is 2. The first-order valence-corrected chi connectivity index (χ1v) is 8.80. The maximum absolute atomic E-state index is 10.6. The van der Waals surface area contributed by atoms with Crippen LogP contribution in [-0.4, -0.2) is 20.2 Å². The third kappa shape index (κ3) is 1.59. The highest BCUT2D eigenvalue weighted by molar-refractivity contribution is 6.26. The lowest BCUT2D eigenvalue weighted by Gasteiger charge is -2.22. The normalized spacial score (nSPS) is 13.4. The molecule has 6 rings (SSSR count). The number of para-hydroxylation sites is 1. The van der Waals surface area contributed by atoms with Crippen LogP contribution in [0.1, 0.15) is 11.1 Å². The number of nitrogens with one attached hydrogen (secondary N) is 2. The van der Waals surface area contributed by atoms with Gasteiger partial charge in [-0.05, 0) is 47.7 Å². The lowest BCUT2D eigenvalue weighted by atomic mass is 9.82. The van der Waals surface area contributed by atoms with Gasteiger partial charge in [0.1, 0.15) is 5.75 Å². The summed E-state index contributed by atoms with van der Waals surface area (Å²) in [5, 5.41) is 24.7. The Kier molecular flexibility index (Phi) is 2.45. The molecule has 4 nitrogen and oxygen atoms in total. The minimum Gasteiger partial charge on any atom is -0.508 e. The Morgan fingerprint density at radius 3 is 2.69 bits per heavy atom. The van der Waals surface area contributed by atoms with Crippen molar-refractivity contribution >= 4 is 32.6 Å². The highest BCUT2D eigenvalue weighted by Crippen LogP contribution is 2.48. The monoisotopic (exact) mass is 340 g/mol. The second kappa shape index (κ2) is 4.61. The second-order valence-corrected chi connectivity index (χ2v) is 7.04.